The molecule has 1 unspecified atom stereocenters. The van der Waals surface area contributed by atoms with Crippen LogP contribution in [0.5, 0.6) is 0 Å². The summed E-state index contributed by atoms with van der Waals surface area (Å²) in [6.45, 7) is 3.75. The van der Waals surface area contributed by atoms with E-state index in [1.165, 1.54) is 0 Å². The Bertz CT molecular complexity index is 88.6. The molecule has 0 bridgehead atoms. The van der Waals surface area contributed by atoms with E-state index in [0.717, 1.165) is 45.2 Å². The minimum Gasteiger partial charge on any atom is -0.379 e. The molecule has 0 aromatic rings. The lowest BCUT2D eigenvalue weighted by atomic mass is 10.2. The molecule has 0 spiro atoms. The van der Waals surface area contributed by atoms with E-state index in [1.807, 2.05) is 0 Å². The normalized spacial score (nSPS) is 13.2. The van der Waals surface area contributed by atoms with Crippen molar-refractivity contribution in [2.45, 2.75) is 45.3 Å². The van der Waals surface area contributed by atoms with Gasteiger partial charge in [0.2, 0.25) is 0 Å². The molecule has 0 aliphatic rings. The molecule has 0 rings (SSSR count). The van der Waals surface area contributed by atoms with Crippen LogP contribution in [0.15, 0.2) is 0 Å². The summed E-state index contributed by atoms with van der Waals surface area (Å²) < 4.78 is 0. The van der Waals surface area contributed by atoms with Crippen LogP contribution in [0.3, 0.4) is 0 Å². The molecule has 0 fully saturated rings. The van der Waals surface area contributed by atoms with Gasteiger partial charge in [-0.05, 0) is 38.8 Å². The first kappa shape index (κ1) is 11.9. The highest BCUT2D eigenvalue weighted by atomic mass is 16.3. The van der Waals surface area contributed by atoms with Crippen molar-refractivity contribution in [1.29, 1.82) is 0 Å². The largest absolute Gasteiger partial charge is 0.379 e. The van der Waals surface area contributed by atoms with Crippen LogP contribution in [0, 0.1) is 0 Å². The Morgan fingerprint density at radius 3 is 2.67 bits per heavy atom. The fourth-order valence-corrected chi connectivity index (χ4v) is 1.04. The SMILES string of the molecule is CCCCC(O)NCCCCN. The van der Waals surface area contributed by atoms with Crippen LogP contribution in [0.1, 0.15) is 39.0 Å². The van der Waals surface area contributed by atoms with Gasteiger partial charge in [0.25, 0.3) is 0 Å². The Kier molecular flexibility index (Phi) is 8.88. The molecule has 0 aromatic heterocycles. The zero-order valence-electron chi connectivity index (χ0n) is 8.05. The molecule has 74 valence electrons. The molecule has 1 atom stereocenters. The minimum atomic E-state index is -0.317. The van der Waals surface area contributed by atoms with E-state index in [0.29, 0.717) is 0 Å². The molecule has 0 aliphatic carbocycles. The third-order valence-electron chi connectivity index (χ3n) is 1.84. The third-order valence-corrected chi connectivity index (χ3v) is 1.84. The Hall–Kier alpha value is -0.120. The van der Waals surface area contributed by atoms with E-state index < -0.39 is 0 Å². The number of nitrogens with two attached hydrogens (primary N) is 1. The molecule has 3 nitrogen and oxygen atoms in total. The highest BCUT2D eigenvalue weighted by Crippen LogP contribution is 1.97. The molecule has 0 saturated carbocycles. The van der Waals surface area contributed by atoms with Crippen LogP contribution in [-0.4, -0.2) is 24.4 Å². The lowest BCUT2D eigenvalue weighted by Crippen LogP contribution is -2.29. The quantitative estimate of drug-likeness (QED) is 0.377. The van der Waals surface area contributed by atoms with Gasteiger partial charge < -0.3 is 10.8 Å². The van der Waals surface area contributed by atoms with E-state index in [1.54, 1.807) is 0 Å². The van der Waals surface area contributed by atoms with Crippen molar-refractivity contribution in [3.63, 3.8) is 0 Å². The van der Waals surface area contributed by atoms with Gasteiger partial charge >= 0.3 is 0 Å². The van der Waals surface area contributed by atoms with Gasteiger partial charge in [-0.1, -0.05) is 13.3 Å². The van der Waals surface area contributed by atoms with Gasteiger partial charge in [0.1, 0.15) is 6.23 Å². The molecule has 0 radical (unpaired) electrons. The average Bonchev–Trinajstić information content (AvgIpc) is 2.09. The second kappa shape index (κ2) is 8.97. The molecule has 0 aromatic carbocycles. The van der Waals surface area contributed by atoms with E-state index in [9.17, 15) is 5.11 Å². The predicted molar refractivity (Wildman–Crippen MR) is 51.8 cm³/mol. The zero-order chi connectivity index (χ0) is 9.23. The smallest absolute Gasteiger partial charge is 0.104 e. The number of rotatable bonds is 8. The Balaban J connectivity index is 3.02. The summed E-state index contributed by atoms with van der Waals surface area (Å²) in [5.74, 6) is 0. The van der Waals surface area contributed by atoms with Crippen LogP contribution in [0.25, 0.3) is 0 Å². The maximum absolute atomic E-state index is 9.34. The monoisotopic (exact) mass is 174 g/mol. The van der Waals surface area contributed by atoms with Crippen LogP contribution < -0.4 is 11.1 Å². The van der Waals surface area contributed by atoms with Crippen molar-refractivity contribution in [2.75, 3.05) is 13.1 Å². The van der Waals surface area contributed by atoms with Crippen molar-refractivity contribution in [2.24, 2.45) is 5.73 Å². The van der Waals surface area contributed by atoms with Gasteiger partial charge in [0.05, 0.1) is 0 Å². The maximum atomic E-state index is 9.34. The summed E-state index contributed by atoms with van der Waals surface area (Å²) in [4.78, 5) is 0. The topological polar surface area (TPSA) is 58.3 Å². The van der Waals surface area contributed by atoms with E-state index in [-0.39, 0.29) is 6.23 Å². The van der Waals surface area contributed by atoms with Crippen molar-refractivity contribution < 1.29 is 5.11 Å². The highest BCUT2D eigenvalue weighted by molar-refractivity contribution is 4.53. The number of aliphatic hydroxyl groups excluding tert-OH is 1. The summed E-state index contributed by atoms with van der Waals surface area (Å²) in [6.07, 6.45) is 4.86. The van der Waals surface area contributed by atoms with Crippen LogP contribution in [-0.2, 0) is 0 Å². The molecule has 3 heteroatoms. The maximum Gasteiger partial charge on any atom is 0.104 e. The van der Waals surface area contributed by atoms with E-state index >= 15 is 0 Å². The first-order valence-electron chi connectivity index (χ1n) is 4.92. The van der Waals surface area contributed by atoms with Gasteiger partial charge in [-0.15, -0.1) is 0 Å². The summed E-state index contributed by atoms with van der Waals surface area (Å²) in [5, 5.41) is 12.4. The number of nitrogens with one attached hydrogen (secondary N) is 1. The lowest BCUT2D eigenvalue weighted by molar-refractivity contribution is 0.125. The summed E-state index contributed by atoms with van der Waals surface area (Å²) in [5.41, 5.74) is 5.34. The first-order valence-corrected chi connectivity index (χ1v) is 4.92. The standard InChI is InChI=1S/C9H22N2O/c1-2-3-6-9(12)11-8-5-4-7-10/h9,11-12H,2-8,10H2,1H3. The van der Waals surface area contributed by atoms with Gasteiger partial charge in [0, 0.05) is 0 Å². The molecule has 0 heterocycles. The summed E-state index contributed by atoms with van der Waals surface area (Å²) in [7, 11) is 0. The summed E-state index contributed by atoms with van der Waals surface area (Å²) in [6, 6.07) is 0. The Morgan fingerprint density at radius 1 is 1.33 bits per heavy atom. The minimum absolute atomic E-state index is 0.317. The summed E-state index contributed by atoms with van der Waals surface area (Å²) >= 11 is 0. The van der Waals surface area contributed by atoms with Crippen molar-refractivity contribution in [3.8, 4) is 0 Å². The molecular weight excluding hydrogens is 152 g/mol. The predicted octanol–water partition coefficient (Wildman–Crippen LogP) is 0.823. The van der Waals surface area contributed by atoms with Gasteiger partial charge in [-0.3, -0.25) is 5.32 Å². The zero-order valence-corrected chi connectivity index (χ0v) is 8.05. The fraction of sp³-hybridized carbons (Fsp3) is 1.00. The number of hydrogen-bond acceptors (Lipinski definition) is 3. The Morgan fingerprint density at radius 2 is 2.08 bits per heavy atom. The van der Waals surface area contributed by atoms with E-state index in [4.69, 9.17) is 5.73 Å². The lowest BCUT2D eigenvalue weighted by Gasteiger charge is -2.11. The van der Waals surface area contributed by atoms with Crippen molar-refractivity contribution in [3.05, 3.63) is 0 Å². The third kappa shape index (κ3) is 7.98. The number of unbranched alkanes of at least 4 members (excludes halogenated alkanes) is 2. The molecular formula is C9H22N2O. The highest BCUT2D eigenvalue weighted by Gasteiger charge is 1.99. The number of hydrogen-bond donors (Lipinski definition) is 3. The second-order valence-corrected chi connectivity index (χ2v) is 3.11. The van der Waals surface area contributed by atoms with Crippen molar-refractivity contribution >= 4 is 0 Å². The molecule has 0 amide bonds. The van der Waals surface area contributed by atoms with Crippen LogP contribution in [0.2, 0.25) is 0 Å². The van der Waals surface area contributed by atoms with Gasteiger partial charge in [-0.25, -0.2) is 0 Å². The average molecular weight is 174 g/mol. The van der Waals surface area contributed by atoms with Crippen LogP contribution in [0.4, 0.5) is 0 Å². The van der Waals surface area contributed by atoms with Gasteiger partial charge in [0.15, 0.2) is 0 Å². The van der Waals surface area contributed by atoms with Crippen molar-refractivity contribution in [1.82, 2.24) is 5.32 Å². The number of aliphatic hydroxyl groups is 1. The van der Waals surface area contributed by atoms with E-state index in [2.05, 4.69) is 12.2 Å². The van der Waals surface area contributed by atoms with Crippen LogP contribution >= 0.6 is 0 Å². The molecule has 4 N–H and O–H groups in total. The first-order chi connectivity index (χ1) is 5.81. The fourth-order valence-electron chi connectivity index (χ4n) is 1.04. The molecule has 12 heavy (non-hydrogen) atoms. The van der Waals surface area contributed by atoms with Gasteiger partial charge in [-0.2, -0.15) is 0 Å². The molecule has 0 saturated heterocycles. The Labute approximate surface area is 75.3 Å². The second-order valence-electron chi connectivity index (χ2n) is 3.11. The molecule has 0 aliphatic heterocycles.